The Labute approximate surface area is 110 Å². The monoisotopic (exact) mass is 292 g/mol. The zero-order chi connectivity index (χ0) is 13.9. The van der Waals surface area contributed by atoms with Gasteiger partial charge in [0.1, 0.15) is 11.3 Å². The van der Waals surface area contributed by atoms with Gasteiger partial charge in [-0.25, -0.2) is 13.2 Å². The number of carbonyl (C=O) groups is 1. The Kier molecular flexibility index (Phi) is 4.59. The third-order valence-electron chi connectivity index (χ3n) is 2.37. The molecular formula is C11H13ClO5S. The number of aromatic carboxylic acids is 1. The van der Waals surface area contributed by atoms with Crippen molar-refractivity contribution in [1.29, 1.82) is 0 Å². The molecule has 0 saturated carbocycles. The second-order valence-electron chi connectivity index (χ2n) is 3.74. The van der Waals surface area contributed by atoms with Crippen molar-refractivity contribution in [2.24, 2.45) is 0 Å². The molecule has 7 heteroatoms. The summed E-state index contributed by atoms with van der Waals surface area (Å²) in [4.78, 5) is 10.8. The maximum Gasteiger partial charge on any atom is 0.339 e. The summed E-state index contributed by atoms with van der Waals surface area (Å²) >= 11 is 0. The van der Waals surface area contributed by atoms with E-state index < -0.39 is 15.0 Å². The minimum absolute atomic E-state index is 0.126. The van der Waals surface area contributed by atoms with Crippen LogP contribution in [-0.4, -0.2) is 25.6 Å². The largest absolute Gasteiger partial charge is 0.490 e. The van der Waals surface area contributed by atoms with Crippen LogP contribution in [0.4, 0.5) is 0 Å². The molecule has 100 valence electrons. The highest BCUT2D eigenvalue weighted by Gasteiger charge is 2.18. The zero-order valence-corrected chi connectivity index (χ0v) is 11.5. The minimum Gasteiger partial charge on any atom is -0.490 e. The van der Waals surface area contributed by atoms with E-state index in [1.54, 1.807) is 6.92 Å². The molecule has 1 aromatic rings. The molecule has 0 spiro atoms. The smallest absolute Gasteiger partial charge is 0.339 e. The topological polar surface area (TPSA) is 80.7 Å². The average molecular weight is 293 g/mol. The van der Waals surface area contributed by atoms with Gasteiger partial charge in [0, 0.05) is 10.7 Å². The third-order valence-corrected chi connectivity index (χ3v) is 3.72. The maximum atomic E-state index is 11.1. The van der Waals surface area contributed by atoms with E-state index in [4.69, 9.17) is 20.5 Å². The van der Waals surface area contributed by atoms with Crippen molar-refractivity contribution < 1.29 is 23.1 Å². The first-order valence-corrected chi connectivity index (χ1v) is 7.55. The van der Waals surface area contributed by atoms with Crippen molar-refractivity contribution >= 4 is 25.7 Å². The van der Waals surface area contributed by atoms with Crippen LogP contribution >= 0.6 is 10.7 Å². The van der Waals surface area contributed by atoms with E-state index in [0.29, 0.717) is 6.42 Å². The lowest BCUT2D eigenvalue weighted by molar-refractivity contribution is 0.0689. The lowest BCUT2D eigenvalue weighted by atomic mass is 10.2. The Balaban J connectivity index is 3.25. The summed E-state index contributed by atoms with van der Waals surface area (Å²) in [6.07, 6.45) is 0.538. The number of rotatable bonds is 5. The molecule has 1 atom stereocenters. The van der Waals surface area contributed by atoms with Crippen LogP contribution in [0.1, 0.15) is 30.6 Å². The van der Waals surface area contributed by atoms with E-state index in [1.165, 1.54) is 12.1 Å². The fourth-order valence-corrected chi connectivity index (χ4v) is 2.01. The number of carboxylic acid groups (broad SMARTS) is 1. The predicted molar refractivity (Wildman–Crippen MR) is 66.8 cm³/mol. The van der Waals surface area contributed by atoms with Crippen molar-refractivity contribution in [1.82, 2.24) is 0 Å². The fourth-order valence-electron chi connectivity index (χ4n) is 1.23. The molecule has 0 bridgehead atoms. The third kappa shape index (κ3) is 3.61. The highest BCUT2D eigenvalue weighted by molar-refractivity contribution is 8.13. The second-order valence-corrected chi connectivity index (χ2v) is 6.30. The summed E-state index contributed by atoms with van der Waals surface area (Å²) in [5.41, 5.74) is -0.225. The summed E-state index contributed by atoms with van der Waals surface area (Å²) < 4.78 is 27.7. The van der Waals surface area contributed by atoms with Gasteiger partial charge in [-0.1, -0.05) is 6.92 Å². The van der Waals surface area contributed by atoms with E-state index in [0.717, 1.165) is 6.07 Å². The average Bonchev–Trinajstić information content (AvgIpc) is 2.27. The molecule has 1 rings (SSSR count). The summed E-state index contributed by atoms with van der Waals surface area (Å²) in [7, 11) is 1.20. The normalized spacial score (nSPS) is 13.1. The number of carboxylic acids is 1. The van der Waals surface area contributed by atoms with Crippen molar-refractivity contribution in [3.05, 3.63) is 23.8 Å². The van der Waals surface area contributed by atoms with Crippen molar-refractivity contribution in [2.45, 2.75) is 31.3 Å². The second kappa shape index (κ2) is 5.58. The van der Waals surface area contributed by atoms with Crippen LogP contribution in [0.15, 0.2) is 23.1 Å². The molecule has 0 amide bonds. The molecule has 1 unspecified atom stereocenters. The van der Waals surface area contributed by atoms with Gasteiger partial charge < -0.3 is 9.84 Å². The number of halogens is 1. The molecule has 1 N–H and O–H groups in total. The highest BCUT2D eigenvalue weighted by Crippen LogP contribution is 2.25. The summed E-state index contributed by atoms with van der Waals surface area (Å²) in [6.45, 7) is 3.68. The minimum atomic E-state index is -3.96. The molecular weight excluding hydrogens is 280 g/mol. The Bertz CT molecular complexity index is 553. The molecule has 18 heavy (non-hydrogen) atoms. The van der Waals surface area contributed by atoms with Gasteiger partial charge in [-0.15, -0.1) is 0 Å². The van der Waals surface area contributed by atoms with Crippen molar-refractivity contribution in [2.75, 3.05) is 0 Å². The van der Waals surface area contributed by atoms with Crippen LogP contribution in [0.3, 0.4) is 0 Å². The summed E-state index contributed by atoms with van der Waals surface area (Å²) in [5.74, 6) is -1.14. The Morgan fingerprint density at radius 2 is 2.11 bits per heavy atom. The van der Waals surface area contributed by atoms with Gasteiger partial charge in [0.25, 0.3) is 9.05 Å². The quantitative estimate of drug-likeness (QED) is 0.843. The zero-order valence-electron chi connectivity index (χ0n) is 9.88. The van der Waals surface area contributed by atoms with Gasteiger partial charge >= 0.3 is 5.97 Å². The van der Waals surface area contributed by atoms with Crippen molar-refractivity contribution in [3.63, 3.8) is 0 Å². The Morgan fingerprint density at radius 3 is 2.56 bits per heavy atom. The van der Waals surface area contributed by atoms with Gasteiger partial charge in [-0.3, -0.25) is 0 Å². The van der Waals surface area contributed by atoms with Crippen LogP contribution in [0.25, 0.3) is 0 Å². The molecule has 0 aliphatic rings. The molecule has 0 aliphatic carbocycles. The first kappa shape index (κ1) is 14.8. The molecule has 0 radical (unpaired) electrons. The lowest BCUT2D eigenvalue weighted by Gasteiger charge is -2.14. The molecule has 0 saturated heterocycles. The van der Waals surface area contributed by atoms with Crippen LogP contribution in [0, 0.1) is 0 Å². The number of ether oxygens (including phenoxy) is 1. The summed E-state index contributed by atoms with van der Waals surface area (Å²) in [5, 5.41) is 9.02. The molecule has 0 aromatic heterocycles. The van der Waals surface area contributed by atoms with Crippen molar-refractivity contribution in [3.8, 4) is 5.75 Å². The van der Waals surface area contributed by atoms with E-state index in [1.807, 2.05) is 6.92 Å². The van der Waals surface area contributed by atoms with E-state index >= 15 is 0 Å². The fraction of sp³-hybridized carbons (Fsp3) is 0.364. The Hall–Kier alpha value is -1.27. The number of hydrogen-bond donors (Lipinski definition) is 1. The van der Waals surface area contributed by atoms with E-state index in [-0.39, 0.29) is 22.3 Å². The Morgan fingerprint density at radius 1 is 1.50 bits per heavy atom. The SMILES string of the molecule is CCC(C)Oc1ccc(S(=O)(=O)Cl)cc1C(=O)O. The van der Waals surface area contributed by atoms with Gasteiger partial charge in [0.2, 0.25) is 0 Å². The van der Waals surface area contributed by atoms with E-state index in [2.05, 4.69) is 0 Å². The standard InChI is InChI=1S/C11H13ClO5S/c1-3-7(2)17-10-5-4-8(18(12,15)16)6-9(10)11(13)14/h4-7H,3H2,1-2H3,(H,13,14). The van der Waals surface area contributed by atoms with Crippen LogP contribution in [0.5, 0.6) is 5.75 Å². The molecule has 0 fully saturated rings. The van der Waals surface area contributed by atoms with Crippen LogP contribution in [-0.2, 0) is 9.05 Å². The van der Waals surface area contributed by atoms with Gasteiger partial charge in [-0.05, 0) is 31.5 Å². The first-order chi connectivity index (χ1) is 8.25. The summed E-state index contributed by atoms with van der Waals surface area (Å²) in [6, 6.07) is 3.50. The van der Waals surface area contributed by atoms with Gasteiger partial charge in [0.05, 0.1) is 11.0 Å². The molecule has 1 aromatic carbocycles. The predicted octanol–water partition coefficient (Wildman–Crippen LogP) is 2.49. The van der Waals surface area contributed by atoms with Gasteiger partial charge in [0.15, 0.2) is 0 Å². The maximum absolute atomic E-state index is 11.1. The lowest BCUT2D eigenvalue weighted by Crippen LogP contribution is -2.13. The van der Waals surface area contributed by atoms with Crippen LogP contribution in [0.2, 0.25) is 0 Å². The molecule has 0 heterocycles. The van der Waals surface area contributed by atoms with Crippen LogP contribution < -0.4 is 4.74 Å². The number of hydrogen-bond acceptors (Lipinski definition) is 4. The molecule has 0 aliphatic heterocycles. The molecule has 5 nitrogen and oxygen atoms in total. The first-order valence-electron chi connectivity index (χ1n) is 5.24. The van der Waals surface area contributed by atoms with Gasteiger partial charge in [-0.2, -0.15) is 0 Å². The highest BCUT2D eigenvalue weighted by atomic mass is 35.7. The van der Waals surface area contributed by atoms with E-state index in [9.17, 15) is 13.2 Å². The number of benzene rings is 1.